The highest BCUT2D eigenvalue weighted by Gasteiger charge is 2.38. The Morgan fingerprint density at radius 3 is 2.64 bits per heavy atom. The lowest BCUT2D eigenvalue weighted by molar-refractivity contribution is -0.148. The minimum atomic E-state index is -0.415. The molecule has 1 heterocycles. The highest BCUT2D eigenvalue weighted by molar-refractivity contribution is 5.77. The van der Waals surface area contributed by atoms with E-state index in [-0.39, 0.29) is 29.9 Å². The number of carbonyl (C=O) groups is 2. The molecule has 3 atom stereocenters. The topological polar surface area (TPSA) is 82.8 Å². The number of fused-ring (bicyclic) bond motifs is 1. The van der Waals surface area contributed by atoms with Crippen LogP contribution in [-0.2, 0) is 14.3 Å². The maximum atomic E-state index is 11.5. The SMILES string of the molecule is CC(=O)C[C@H]1C[C@@H](Oc2ccc3ccc(=O)oc3c2)C[C@H]1OC(C)=O. The molecule has 0 N–H and O–H groups in total. The lowest BCUT2D eigenvalue weighted by Crippen LogP contribution is -2.22. The quantitative estimate of drug-likeness (QED) is 0.613. The molecule has 1 fully saturated rings. The summed E-state index contributed by atoms with van der Waals surface area (Å²) >= 11 is 0. The van der Waals surface area contributed by atoms with Crippen LogP contribution in [0.15, 0.2) is 39.5 Å². The number of rotatable bonds is 5. The molecular weight excluding hydrogens is 324 g/mol. The van der Waals surface area contributed by atoms with Gasteiger partial charge in [0.05, 0.1) is 0 Å². The van der Waals surface area contributed by atoms with E-state index in [2.05, 4.69) is 0 Å². The van der Waals surface area contributed by atoms with Crippen LogP contribution in [0.2, 0.25) is 0 Å². The van der Waals surface area contributed by atoms with E-state index in [0.717, 1.165) is 5.39 Å². The number of ketones is 1. The van der Waals surface area contributed by atoms with Crippen LogP contribution in [0.25, 0.3) is 11.0 Å². The molecule has 1 aromatic heterocycles. The first kappa shape index (κ1) is 17.2. The first-order chi connectivity index (χ1) is 11.9. The molecule has 1 aliphatic rings. The van der Waals surface area contributed by atoms with E-state index >= 15 is 0 Å². The van der Waals surface area contributed by atoms with E-state index < -0.39 is 5.63 Å². The molecule has 0 unspecified atom stereocenters. The Balaban J connectivity index is 1.74. The fourth-order valence-electron chi connectivity index (χ4n) is 3.38. The van der Waals surface area contributed by atoms with Gasteiger partial charge in [0, 0.05) is 43.2 Å². The Labute approximate surface area is 144 Å². The fraction of sp³-hybridized carbons (Fsp3) is 0.421. The summed E-state index contributed by atoms with van der Waals surface area (Å²) in [4.78, 5) is 34.1. The van der Waals surface area contributed by atoms with Crippen LogP contribution in [0.1, 0.15) is 33.1 Å². The molecule has 3 rings (SSSR count). The van der Waals surface area contributed by atoms with Crippen molar-refractivity contribution in [3.63, 3.8) is 0 Å². The molecule has 1 saturated carbocycles. The van der Waals surface area contributed by atoms with Crippen molar-refractivity contribution in [3.05, 3.63) is 40.8 Å². The highest BCUT2D eigenvalue weighted by atomic mass is 16.5. The monoisotopic (exact) mass is 344 g/mol. The number of esters is 1. The number of carbonyl (C=O) groups excluding carboxylic acids is 2. The number of Topliss-reactive ketones (excluding diaryl/α,β-unsaturated/α-hetero) is 1. The maximum Gasteiger partial charge on any atom is 0.336 e. The molecule has 0 aliphatic heterocycles. The van der Waals surface area contributed by atoms with Gasteiger partial charge in [-0.05, 0) is 31.5 Å². The maximum absolute atomic E-state index is 11.5. The minimum Gasteiger partial charge on any atom is -0.490 e. The van der Waals surface area contributed by atoms with Crippen LogP contribution in [0.5, 0.6) is 5.75 Å². The van der Waals surface area contributed by atoms with Gasteiger partial charge in [-0.2, -0.15) is 0 Å². The van der Waals surface area contributed by atoms with Crippen molar-refractivity contribution < 1.29 is 23.5 Å². The average Bonchev–Trinajstić information content (AvgIpc) is 2.86. The van der Waals surface area contributed by atoms with Gasteiger partial charge in [0.25, 0.3) is 0 Å². The fourth-order valence-corrected chi connectivity index (χ4v) is 3.38. The van der Waals surface area contributed by atoms with E-state index in [9.17, 15) is 14.4 Å². The minimum absolute atomic E-state index is 0.0372. The van der Waals surface area contributed by atoms with Gasteiger partial charge < -0.3 is 18.7 Å². The zero-order chi connectivity index (χ0) is 18.0. The Kier molecular flexibility index (Phi) is 4.88. The Morgan fingerprint density at radius 2 is 1.92 bits per heavy atom. The highest BCUT2D eigenvalue weighted by Crippen LogP contribution is 2.34. The lowest BCUT2D eigenvalue weighted by Gasteiger charge is -2.17. The lowest BCUT2D eigenvalue weighted by atomic mass is 9.99. The van der Waals surface area contributed by atoms with Crippen molar-refractivity contribution in [1.29, 1.82) is 0 Å². The van der Waals surface area contributed by atoms with Crippen molar-refractivity contribution in [1.82, 2.24) is 0 Å². The van der Waals surface area contributed by atoms with Crippen molar-refractivity contribution >= 4 is 22.7 Å². The Morgan fingerprint density at radius 1 is 1.16 bits per heavy atom. The summed E-state index contributed by atoms with van der Waals surface area (Å²) in [5.74, 6) is 0.253. The smallest absolute Gasteiger partial charge is 0.336 e. The molecule has 6 heteroatoms. The van der Waals surface area contributed by atoms with E-state index in [1.54, 1.807) is 12.1 Å². The van der Waals surface area contributed by atoms with Crippen molar-refractivity contribution in [3.8, 4) is 5.75 Å². The van der Waals surface area contributed by atoms with Gasteiger partial charge in [-0.15, -0.1) is 0 Å². The van der Waals surface area contributed by atoms with E-state index in [0.29, 0.717) is 30.6 Å². The first-order valence-corrected chi connectivity index (χ1v) is 8.28. The number of hydrogen-bond donors (Lipinski definition) is 0. The molecule has 0 spiro atoms. The van der Waals surface area contributed by atoms with Crippen LogP contribution in [0.4, 0.5) is 0 Å². The molecule has 1 aromatic carbocycles. The molecule has 2 aromatic rings. The summed E-state index contributed by atoms with van der Waals surface area (Å²) < 4.78 is 16.5. The van der Waals surface area contributed by atoms with E-state index in [4.69, 9.17) is 13.9 Å². The first-order valence-electron chi connectivity index (χ1n) is 8.28. The van der Waals surface area contributed by atoms with Crippen LogP contribution in [0.3, 0.4) is 0 Å². The molecule has 0 bridgehead atoms. The molecule has 1 aliphatic carbocycles. The van der Waals surface area contributed by atoms with Crippen molar-refractivity contribution in [2.75, 3.05) is 0 Å². The standard InChI is InChI=1S/C19H20O6/c1-11(20)7-14-8-16(10-18(14)23-12(2)21)24-15-5-3-13-4-6-19(22)25-17(13)9-15/h3-6,9,14,16,18H,7-8,10H2,1-2H3/t14-,16+,18+/m0/s1. The average molecular weight is 344 g/mol. The van der Waals surface area contributed by atoms with Gasteiger partial charge >= 0.3 is 11.6 Å². The summed E-state index contributed by atoms with van der Waals surface area (Å²) in [5, 5.41) is 0.811. The van der Waals surface area contributed by atoms with Crippen molar-refractivity contribution in [2.45, 2.75) is 45.3 Å². The summed E-state index contributed by atoms with van der Waals surface area (Å²) in [6, 6.07) is 8.37. The van der Waals surface area contributed by atoms with Crippen LogP contribution >= 0.6 is 0 Å². The molecular formula is C19H20O6. The zero-order valence-corrected chi connectivity index (χ0v) is 14.2. The molecule has 132 valence electrons. The molecule has 0 amide bonds. The predicted octanol–water partition coefficient (Wildman–Crippen LogP) is 2.86. The summed E-state index contributed by atoms with van der Waals surface area (Å²) in [6.45, 7) is 2.90. The van der Waals surface area contributed by atoms with E-state index in [1.807, 2.05) is 12.1 Å². The Bertz CT molecular complexity index is 828. The number of hydrogen-bond acceptors (Lipinski definition) is 6. The van der Waals surface area contributed by atoms with Crippen LogP contribution in [0, 0.1) is 5.92 Å². The largest absolute Gasteiger partial charge is 0.490 e. The molecule has 0 radical (unpaired) electrons. The summed E-state index contributed by atoms with van der Waals surface area (Å²) in [5.41, 5.74) is 0.0433. The summed E-state index contributed by atoms with van der Waals surface area (Å²) in [6.07, 6.45) is 1.05. The third-order valence-corrected chi connectivity index (χ3v) is 4.35. The second-order valence-corrected chi connectivity index (χ2v) is 6.48. The van der Waals surface area contributed by atoms with Gasteiger partial charge in [0.1, 0.15) is 29.3 Å². The second kappa shape index (κ2) is 7.09. The predicted molar refractivity (Wildman–Crippen MR) is 90.5 cm³/mol. The van der Waals surface area contributed by atoms with Gasteiger partial charge in [0.15, 0.2) is 0 Å². The number of benzene rings is 1. The molecule has 0 saturated heterocycles. The zero-order valence-electron chi connectivity index (χ0n) is 14.2. The van der Waals surface area contributed by atoms with Crippen molar-refractivity contribution in [2.24, 2.45) is 5.92 Å². The summed E-state index contributed by atoms with van der Waals surface area (Å²) in [7, 11) is 0. The Hall–Kier alpha value is -2.63. The van der Waals surface area contributed by atoms with Gasteiger partial charge in [-0.1, -0.05) is 0 Å². The van der Waals surface area contributed by atoms with Crippen LogP contribution in [-0.4, -0.2) is 24.0 Å². The molecule has 25 heavy (non-hydrogen) atoms. The molecule has 6 nitrogen and oxygen atoms in total. The van der Waals surface area contributed by atoms with Gasteiger partial charge in [0.2, 0.25) is 0 Å². The third-order valence-electron chi connectivity index (χ3n) is 4.35. The third kappa shape index (κ3) is 4.26. The normalized spacial score (nSPS) is 22.7. The van der Waals surface area contributed by atoms with Gasteiger partial charge in [-0.25, -0.2) is 4.79 Å². The van der Waals surface area contributed by atoms with E-state index in [1.165, 1.54) is 19.9 Å². The second-order valence-electron chi connectivity index (χ2n) is 6.48. The number of ether oxygens (including phenoxy) is 2. The van der Waals surface area contributed by atoms with Gasteiger partial charge in [-0.3, -0.25) is 4.79 Å². The van der Waals surface area contributed by atoms with Crippen LogP contribution < -0.4 is 10.4 Å².